The SMILES string of the molecule is Cc1ccccc1N1CCN2C1=NC1C2C(=O)N(CC(=O)O)C(=O)N1C. The number of aryl methyl sites for hydroxylation is 1. The second-order valence-corrected chi connectivity index (χ2v) is 6.63. The van der Waals surface area contributed by atoms with E-state index in [1.807, 2.05) is 41.0 Å². The molecule has 1 aromatic rings. The number of anilines is 1. The lowest BCUT2D eigenvalue weighted by molar-refractivity contribution is -0.146. The number of carboxylic acids is 1. The molecule has 3 amide bonds. The van der Waals surface area contributed by atoms with Crippen LogP contribution in [-0.4, -0.2) is 82.6 Å². The van der Waals surface area contributed by atoms with Crippen LogP contribution in [0, 0.1) is 6.92 Å². The lowest BCUT2D eigenvalue weighted by Gasteiger charge is -2.39. The molecule has 0 spiro atoms. The van der Waals surface area contributed by atoms with Gasteiger partial charge in [-0.1, -0.05) is 18.2 Å². The van der Waals surface area contributed by atoms with Crippen molar-refractivity contribution < 1.29 is 19.5 Å². The number of hydrogen-bond acceptors (Lipinski definition) is 6. The fourth-order valence-corrected chi connectivity index (χ4v) is 3.81. The van der Waals surface area contributed by atoms with Crippen LogP contribution in [-0.2, 0) is 9.59 Å². The molecule has 0 aromatic heterocycles. The molecule has 1 aromatic carbocycles. The van der Waals surface area contributed by atoms with Gasteiger partial charge in [0.05, 0.1) is 0 Å². The number of aliphatic carboxylic acids is 1. The maximum absolute atomic E-state index is 12.8. The first-order valence-electron chi connectivity index (χ1n) is 8.37. The monoisotopic (exact) mass is 357 g/mol. The summed E-state index contributed by atoms with van der Waals surface area (Å²) in [5.74, 6) is -1.08. The molecule has 9 heteroatoms. The standard InChI is InChI=1S/C17H19N5O4/c1-10-5-3-4-6-11(10)20-7-8-21-13-14(18-16(20)21)19(2)17(26)22(15(13)25)9-12(23)24/h3-6,13-14H,7-9H2,1-2H3,(H,23,24). The van der Waals surface area contributed by atoms with Crippen molar-refractivity contribution in [2.24, 2.45) is 4.99 Å². The number of fused-ring (bicyclic) bond motifs is 3. The van der Waals surface area contributed by atoms with Crippen LogP contribution in [0.3, 0.4) is 0 Å². The lowest BCUT2D eigenvalue weighted by atomic mass is 10.1. The first-order valence-corrected chi connectivity index (χ1v) is 8.37. The minimum Gasteiger partial charge on any atom is -0.480 e. The molecule has 136 valence electrons. The summed E-state index contributed by atoms with van der Waals surface area (Å²) in [6.45, 7) is 2.63. The van der Waals surface area contributed by atoms with Crippen LogP contribution in [0.25, 0.3) is 0 Å². The van der Waals surface area contributed by atoms with Crippen molar-refractivity contribution in [1.29, 1.82) is 0 Å². The molecule has 2 saturated heterocycles. The maximum atomic E-state index is 12.8. The Morgan fingerprint density at radius 2 is 2.00 bits per heavy atom. The number of para-hydroxylation sites is 1. The summed E-state index contributed by atoms with van der Waals surface area (Å²) in [5, 5.41) is 9.02. The van der Waals surface area contributed by atoms with Crippen molar-refractivity contribution in [2.45, 2.75) is 19.1 Å². The second-order valence-electron chi connectivity index (χ2n) is 6.63. The molecule has 0 bridgehead atoms. The van der Waals surface area contributed by atoms with Crippen LogP contribution in [0.2, 0.25) is 0 Å². The first kappa shape index (κ1) is 16.4. The van der Waals surface area contributed by atoms with Gasteiger partial charge in [-0.3, -0.25) is 14.5 Å². The van der Waals surface area contributed by atoms with Crippen LogP contribution in [0.5, 0.6) is 0 Å². The topological polar surface area (TPSA) is 96.8 Å². The van der Waals surface area contributed by atoms with Gasteiger partial charge in [0.15, 0.2) is 12.2 Å². The summed E-state index contributed by atoms with van der Waals surface area (Å²) in [4.78, 5) is 47.0. The number of carboxylic acid groups (broad SMARTS) is 1. The summed E-state index contributed by atoms with van der Waals surface area (Å²) in [6.07, 6.45) is -0.637. The van der Waals surface area contributed by atoms with E-state index in [4.69, 9.17) is 5.11 Å². The number of hydrogen-bond donors (Lipinski definition) is 1. The smallest absolute Gasteiger partial charge is 0.328 e. The Labute approximate surface area is 150 Å². The van der Waals surface area contributed by atoms with E-state index in [1.54, 1.807) is 7.05 Å². The zero-order valence-corrected chi connectivity index (χ0v) is 14.5. The van der Waals surface area contributed by atoms with Gasteiger partial charge in [-0.25, -0.2) is 9.79 Å². The predicted molar refractivity (Wildman–Crippen MR) is 92.7 cm³/mol. The highest BCUT2D eigenvalue weighted by molar-refractivity contribution is 6.09. The van der Waals surface area contributed by atoms with E-state index in [0.29, 0.717) is 19.0 Å². The van der Waals surface area contributed by atoms with E-state index in [2.05, 4.69) is 4.99 Å². The summed E-state index contributed by atoms with van der Waals surface area (Å²) in [5.41, 5.74) is 2.10. The molecule has 3 aliphatic heterocycles. The van der Waals surface area contributed by atoms with Gasteiger partial charge in [0.2, 0.25) is 5.96 Å². The number of likely N-dealkylation sites (N-methyl/N-ethyl adjacent to an activating group) is 1. The number of imide groups is 1. The quantitative estimate of drug-likeness (QED) is 0.828. The van der Waals surface area contributed by atoms with Crippen molar-refractivity contribution >= 4 is 29.6 Å². The third-order valence-corrected chi connectivity index (χ3v) is 5.08. The Morgan fingerprint density at radius 3 is 2.69 bits per heavy atom. The maximum Gasteiger partial charge on any atom is 0.328 e. The van der Waals surface area contributed by atoms with E-state index in [0.717, 1.165) is 16.2 Å². The number of guanidine groups is 1. The van der Waals surface area contributed by atoms with Crippen molar-refractivity contribution in [3.8, 4) is 0 Å². The summed E-state index contributed by atoms with van der Waals surface area (Å²) < 4.78 is 0. The number of carbonyl (C=O) groups excluding carboxylic acids is 2. The third-order valence-electron chi connectivity index (χ3n) is 5.08. The number of carbonyl (C=O) groups is 3. The van der Waals surface area contributed by atoms with Crippen LogP contribution in [0.1, 0.15) is 5.56 Å². The number of aliphatic imine (C=N–C) groups is 1. The van der Waals surface area contributed by atoms with Crippen LogP contribution in [0.15, 0.2) is 29.3 Å². The van der Waals surface area contributed by atoms with Crippen LogP contribution >= 0.6 is 0 Å². The van der Waals surface area contributed by atoms with Crippen LogP contribution in [0.4, 0.5) is 10.5 Å². The number of nitrogens with zero attached hydrogens (tertiary/aromatic N) is 5. The highest BCUT2D eigenvalue weighted by Gasteiger charge is 2.55. The van der Waals surface area contributed by atoms with E-state index in [1.165, 1.54) is 4.90 Å². The molecule has 1 N–H and O–H groups in total. The molecule has 4 rings (SSSR count). The Kier molecular flexibility index (Phi) is 3.60. The minimum atomic E-state index is -1.22. The fourth-order valence-electron chi connectivity index (χ4n) is 3.81. The van der Waals surface area contributed by atoms with Gasteiger partial charge in [-0.2, -0.15) is 0 Å². The number of amides is 3. The highest BCUT2D eigenvalue weighted by Crippen LogP contribution is 2.34. The molecule has 26 heavy (non-hydrogen) atoms. The Morgan fingerprint density at radius 1 is 1.27 bits per heavy atom. The molecule has 2 unspecified atom stereocenters. The zero-order valence-electron chi connectivity index (χ0n) is 14.5. The molecular formula is C17H19N5O4. The van der Waals surface area contributed by atoms with Gasteiger partial charge in [0.1, 0.15) is 6.54 Å². The molecule has 2 fully saturated rings. The predicted octanol–water partition coefficient (Wildman–Crippen LogP) is 0.160. The number of urea groups is 1. The van der Waals surface area contributed by atoms with Crippen molar-refractivity contribution in [1.82, 2.24) is 14.7 Å². The van der Waals surface area contributed by atoms with E-state index in [-0.39, 0.29) is 0 Å². The molecular weight excluding hydrogens is 338 g/mol. The van der Waals surface area contributed by atoms with Gasteiger partial charge in [0, 0.05) is 25.8 Å². The number of rotatable bonds is 3. The average Bonchev–Trinajstić information content (AvgIpc) is 3.16. The zero-order chi connectivity index (χ0) is 18.6. The summed E-state index contributed by atoms with van der Waals surface area (Å²) in [6, 6.07) is 6.60. The summed E-state index contributed by atoms with van der Waals surface area (Å²) >= 11 is 0. The first-order chi connectivity index (χ1) is 12.4. The van der Waals surface area contributed by atoms with Crippen molar-refractivity contribution in [2.75, 3.05) is 31.6 Å². The average molecular weight is 357 g/mol. The van der Waals surface area contributed by atoms with Crippen LogP contribution < -0.4 is 4.90 Å². The van der Waals surface area contributed by atoms with Crippen molar-refractivity contribution in [3.63, 3.8) is 0 Å². The minimum absolute atomic E-state index is 0.508. The van der Waals surface area contributed by atoms with Gasteiger partial charge in [-0.05, 0) is 18.6 Å². The normalized spacial score (nSPS) is 24.8. The molecule has 3 heterocycles. The van der Waals surface area contributed by atoms with Gasteiger partial charge in [-0.15, -0.1) is 0 Å². The van der Waals surface area contributed by atoms with Crippen molar-refractivity contribution in [3.05, 3.63) is 29.8 Å². The second kappa shape index (κ2) is 5.72. The molecule has 3 aliphatic rings. The van der Waals surface area contributed by atoms with E-state index in [9.17, 15) is 14.4 Å². The fraction of sp³-hybridized carbons (Fsp3) is 0.412. The Balaban J connectivity index is 1.69. The molecule has 0 aliphatic carbocycles. The Hall–Kier alpha value is -3.10. The van der Waals surface area contributed by atoms with E-state index < -0.39 is 36.7 Å². The lowest BCUT2D eigenvalue weighted by Crippen LogP contribution is -2.65. The van der Waals surface area contributed by atoms with Gasteiger partial charge >= 0.3 is 12.0 Å². The largest absolute Gasteiger partial charge is 0.480 e. The van der Waals surface area contributed by atoms with Gasteiger partial charge < -0.3 is 19.8 Å². The molecule has 9 nitrogen and oxygen atoms in total. The third kappa shape index (κ3) is 2.23. The molecule has 0 radical (unpaired) electrons. The highest BCUT2D eigenvalue weighted by atomic mass is 16.4. The Bertz CT molecular complexity index is 838. The summed E-state index contributed by atoms with van der Waals surface area (Å²) in [7, 11) is 1.55. The van der Waals surface area contributed by atoms with E-state index >= 15 is 0 Å². The van der Waals surface area contributed by atoms with Gasteiger partial charge in [0.25, 0.3) is 5.91 Å². The number of benzene rings is 1. The molecule has 0 saturated carbocycles. The molecule has 2 atom stereocenters.